The minimum atomic E-state index is -0.144. The Bertz CT molecular complexity index is 1200. The number of carbonyl (C=O) groups excluding carboxylic acids is 1. The SMILES string of the molecule is C/C=C(\C)Cl.CCOCN(CC)SC.Nc1cccc2c(NC(=O)c3ccc(N4COCCS4)cc3)cccc12. The summed E-state index contributed by atoms with van der Waals surface area (Å²) in [7, 11) is 0. The van der Waals surface area contributed by atoms with Gasteiger partial charge in [-0.05, 0) is 75.4 Å². The van der Waals surface area contributed by atoms with Crippen LogP contribution in [0.2, 0.25) is 0 Å². The molecule has 10 heteroatoms. The zero-order valence-electron chi connectivity index (χ0n) is 24.0. The molecule has 3 aromatic rings. The lowest BCUT2D eigenvalue weighted by atomic mass is 10.1. The van der Waals surface area contributed by atoms with Crippen LogP contribution in [0.15, 0.2) is 71.8 Å². The molecule has 0 aliphatic carbocycles. The number of hydrogen-bond donors (Lipinski definition) is 2. The zero-order chi connectivity index (χ0) is 29.3. The molecule has 0 unspecified atom stereocenters. The minimum Gasteiger partial charge on any atom is -0.398 e. The molecule has 7 nitrogen and oxygen atoms in total. The number of halogens is 1. The molecule has 218 valence electrons. The summed E-state index contributed by atoms with van der Waals surface area (Å²) >= 11 is 8.77. The van der Waals surface area contributed by atoms with E-state index in [-0.39, 0.29) is 5.91 Å². The second kappa shape index (κ2) is 18.9. The number of nitrogens with zero attached hydrogens (tertiary/aromatic N) is 2. The van der Waals surface area contributed by atoms with Crippen molar-refractivity contribution in [3.8, 4) is 0 Å². The molecule has 3 aromatic carbocycles. The molecule has 0 atom stereocenters. The van der Waals surface area contributed by atoms with Gasteiger partial charge in [-0.15, -0.1) is 0 Å². The number of benzene rings is 3. The Morgan fingerprint density at radius 3 is 2.42 bits per heavy atom. The Balaban J connectivity index is 0.000000334. The first-order valence-corrected chi connectivity index (χ1v) is 15.7. The maximum Gasteiger partial charge on any atom is 0.255 e. The van der Waals surface area contributed by atoms with Crippen molar-refractivity contribution in [2.75, 3.05) is 60.6 Å². The molecule has 1 fully saturated rings. The van der Waals surface area contributed by atoms with Crippen molar-refractivity contribution in [1.82, 2.24) is 4.31 Å². The van der Waals surface area contributed by atoms with Gasteiger partial charge in [0.1, 0.15) is 13.5 Å². The first kappa shape index (κ1) is 33.8. The Hall–Kier alpha value is -2.40. The van der Waals surface area contributed by atoms with Crippen LogP contribution in [-0.2, 0) is 9.47 Å². The van der Waals surface area contributed by atoms with Crippen LogP contribution < -0.4 is 15.4 Å². The molecule has 0 bridgehead atoms. The predicted molar refractivity (Wildman–Crippen MR) is 176 cm³/mol. The second-order valence-corrected chi connectivity index (χ2v) is 11.1. The molecule has 40 heavy (non-hydrogen) atoms. The standard InChI is InChI=1S/C20H19N3O2S.C6H15NOS.C4H7Cl/c21-18-5-1-4-17-16(18)3-2-6-19(17)22-20(24)14-7-9-15(10-8-14)23-13-25-11-12-26-23;1-4-7(9-3)6-8-5-2;1-3-4(2)5/h1-10H,11-13,21H2,(H,22,24);4-6H2,1-3H3;3H,1-2H3/b;;4-3+. The van der Waals surface area contributed by atoms with Crippen molar-refractivity contribution in [3.63, 3.8) is 0 Å². The van der Waals surface area contributed by atoms with E-state index in [9.17, 15) is 4.79 Å². The van der Waals surface area contributed by atoms with Gasteiger partial charge in [0.2, 0.25) is 0 Å². The van der Waals surface area contributed by atoms with E-state index in [2.05, 4.69) is 27.1 Å². The van der Waals surface area contributed by atoms with Crippen molar-refractivity contribution in [1.29, 1.82) is 0 Å². The highest BCUT2D eigenvalue weighted by Gasteiger charge is 2.14. The van der Waals surface area contributed by atoms with Crippen molar-refractivity contribution < 1.29 is 14.3 Å². The van der Waals surface area contributed by atoms with E-state index in [1.54, 1.807) is 23.9 Å². The first-order chi connectivity index (χ1) is 19.3. The number of nitrogens with one attached hydrogen (secondary N) is 1. The minimum absolute atomic E-state index is 0.144. The fraction of sp³-hybridized carbons (Fsp3) is 0.367. The molecule has 1 saturated heterocycles. The van der Waals surface area contributed by atoms with Crippen LogP contribution in [-0.4, -0.2) is 55.4 Å². The summed E-state index contributed by atoms with van der Waals surface area (Å²) < 4.78 is 14.9. The van der Waals surface area contributed by atoms with Gasteiger partial charge in [0.05, 0.1) is 6.61 Å². The number of rotatable bonds is 8. The normalized spacial score (nSPS) is 13.3. The largest absolute Gasteiger partial charge is 0.398 e. The van der Waals surface area contributed by atoms with Crippen LogP contribution in [0.1, 0.15) is 38.1 Å². The summed E-state index contributed by atoms with van der Waals surface area (Å²) in [6.45, 7) is 11.8. The van der Waals surface area contributed by atoms with Crippen LogP contribution in [0.25, 0.3) is 10.8 Å². The summed E-state index contributed by atoms with van der Waals surface area (Å²) in [5.74, 6) is 0.793. The Kier molecular flexibility index (Phi) is 15.9. The topological polar surface area (TPSA) is 80.1 Å². The van der Waals surface area contributed by atoms with Gasteiger partial charge in [0.15, 0.2) is 0 Å². The molecule has 1 aliphatic rings. The average Bonchev–Trinajstić information content (AvgIpc) is 2.99. The molecule has 3 N–H and O–H groups in total. The number of nitrogen functional groups attached to an aromatic ring is 1. The van der Waals surface area contributed by atoms with Gasteiger partial charge >= 0.3 is 0 Å². The predicted octanol–water partition coefficient (Wildman–Crippen LogP) is 7.85. The molecule has 1 aliphatic heterocycles. The molecule has 0 aromatic heterocycles. The highest BCUT2D eigenvalue weighted by Crippen LogP contribution is 2.29. The number of fused-ring (bicyclic) bond motifs is 1. The Morgan fingerprint density at radius 1 is 1.18 bits per heavy atom. The number of allylic oxidation sites excluding steroid dienone is 2. The summed E-state index contributed by atoms with van der Waals surface area (Å²) in [4.78, 5) is 12.6. The van der Waals surface area contributed by atoms with Gasteiger partial charge < -0.3 is 20.5 Å². The van der Waals surface area contributed by atoms with Crippen molar-refractivity contribution in [2.45, 2.75) is 27.7 Å². The van der Waals surface area contributed by atoms with Gasteiger partial charge in [-0.2, -0.15) is 0 Å². The van der Waals surface area contributed by atoms with E-state index in [0.717, 1.165) is 59.4 Å². The lowest BCUT2D eigenvalue weighted by Crippen LogP contribution is -2.25. The molecular formula is C30H41ClN4O3S2. The third kappa shape index (κ3) is 11.2. The van der Waals surface area contributed by atoms with Crippen LogP contribution >= 0.6 is 35.5 Å². The zero-order valence-corrected chi connectivity index (χ0v) is 26.4. The summed E-state index contributed by atoms with van der Waals surface area (Å²) in [5, 5.41) is 5.70. The van der Waals surface area contributed by atoms with Crippen LogP contribution in [0.4, 0.5) is 17.1 Å². The number of amides is 1. The van der Waals surface area contributed by atoms with E-state index in [1.807, 2.05) is 87.5 Å². The third-order valence-corrected chi connectivity index (χ3v) is 7.83. The third-order valence-electron chi connectivity index (χ3n) is 5.75. The quantitative estimate of drug-likeness (QED) is 0.153. The van der Waals surface area contributed by atoms with Gasteiger partial charge in [-0.1, -0.05) is 60.8 Å². The van der Waals surface area contributed by atoms with Crippen molar-refractivity contribution in [2.24, 2.45) is 0 Å². The summed E-state index contributed by atoms with van der Waals surface area (Å²) in [6.07, 6.45) is 3.91. The maximum atomic E-state index is 12.6. The highest BCUT2D eigenvalue weighted by atomic mass is 35.5. The molecular weight excluding hydrogens is 564 g/mol. The molecule has 0 radical (unpaired) electrons. The lowest BCUT2D eigenvalue weighted by molar-refractivity contribution is 0.0885. The number of nitrogens with two attached hydrogens (primary N) is 1. The van der Waals surface area contributed by atoms with E-state index >= 15 is 0 Å². The molecule has 4 rings (SSSR count). The molecule has 0 saturated carbocycles. The van der Waals surface area contributed by atoms with Gasteiger partial charge in [-0.3, -0.25) is 9.10 Å². The number of hydrogen-bond acceptors (Lipinski definition) is 8. The van der Waals surface area contributed by atoms with E-state index in [1.165, 1.54) is 0 Å². The smallest absolute Gasteiger partial charge is 0.255 e. The highest BCUT2D eigenvalue weighted by molar-refractivity contribution is 8.00. The summed E-state index contributed by atoms with van der Waals surface area (Å²) in [5.41, 5.74) is 9.12. The van der Waals surface area contributed by atoms with Crippen molar-refractivity contribution in [3.05, 3.63) is 77.3 Å². The van der Waals surface area contributed by atoms with Gasteiger partial charge in [0, 0.05) is 57.3 Å². The van der Waals surface area contributed by atoms with E-state index in [4.69, 9.17) is 26.8 Å². The Labute approximate surface area is 252 Å². The van der Waals surface area contributed by atoms with E-state index in [0.29, 0.717) is 18.0 Å². The monoisotopic (exact) mass is 604 g/mol. The van der Waals surface area contributed by atoms with E-state index < -0.39 is 0 Å². The lowest BCUT2D eigenvalue weighted by Gasteiger charge is -2.27. The fourth-order valence-electron chi connectivity index (χ4n) is 3.42. The number of ether oxygens (including phenoxy) is 2. The maximum absolute atomic E-state index is 12.6. The average molecular weight is 605 g/mol. The van der Waals surface area contributed by atoms with Crippen LogP contribution in [0.5, 0.6) is 0 Å². The number of carbonyl (C=O) groups is 1. The summed E-state index contributed by atoms with van der Waals surface area (Å²) in [6, 6.07) is 19.0. The van der Waals surface area contributed by atoms with Crippen molar-refractivity contribution >= 4 is 69.2 Å². The first-order valence-electron chi connectivity index (χ1n) is 13.2. The van der Waals surface area contributed by atoms with Crippen LogP contribution in [0.3, 0.4) is 0 Å². The molecule has 0 spiro atoms. The molecule has 1 amide bonds. The molecule has 1 heterocycles. The fourth-order valence-corrected chi connectivity index (χ4v) is 4.69. The van der Waals surface area contributed by atoms with Crippen LogP contribution in [0, 0.1) is 0 Å². The number of anilines is 3. The Morgan fingerprint density at radius 2 is 1.85 bits per heavy atom. The second-order valence-electron chi connectivity index (χ2n) is 8.48. The van der Waals surface area contributed by atoms with Gasteiger partial charge in [-0.25, -0.2) is 4.31 Å². The van der Waals surface area contributed by atoms with Gasteiger partial charge in [0.25, 0.3) is 5.91 Å².